The van der Waals surface area contributed by atoms with Crippen LogP contribution in [0.2, 0.25) is 0 Å². The molecule has 0 aliphatic rings. The van der Waals surface area contributed by atoms with Crippen LogP contribution in [0.5, 0.6) is 5.75 Å². The van der Waals surface area contributed by atoms with Crippen molar-refractivity contribution in [3.8, 4) is 28.0 Å². The third-order valence-corrected chi connectivity index (χ3v) is 4.63. The van der Waals surface area contributed by atoms with Gasteiger partial charge in [0, 0.05) is 45.6 Å². The summed E-state index contributed by atoms with van der Waals surface area (Å²) in [6.07, 6.45) is 3.29. The smallest absolute Gasteiger partial charge is 0.387 e. The zero-order chi connectivity index (χ0) is 19.8. The first-order valence-electron chi connectivity index (χ1n) is 8.58. The second-order valence-corrected chi connectivity index (χ2v) is 6.32. The first kappa shape index (κ1) is 18.1. The number of aromatic amines is 1. The van der Waals surface area contributed by atoms with E-state index in [0.717, 1.165) is 5.56 Å². The van der Waals surface area contributed by atoms with Gasteiger partial charge in [0.05, 0.1) is 12.3 Å². The predicted molar refractivity (Wildman–Crippen MR) is 99.1 cm³/mol. The summed E-state index contributed by atoms with van der Waals surface area (Å²) in [7, 11) is 0. The lowest BCUT2D eigenvalue weighted by Crippen LogP contribution is -2.04. The van der Waals surface area contributed by atoms with Gasteiger partial charge >= 0.3 is 6.61 Å². The topological polar surface area (TPSA) is 84.2 Å². The van der Waals surface area contributed by atoms with E-state index in [9.17, 15) is 13.9 Å². The van der Waals surface area contributed by atoms with E-state index in [4.69, 9.17) is 9.26 Å². The number of aromatic nitrogens is 3. The summed E-state index contributed by atoms with van der Waals surface area (Å²) in [5.74, 6) is 0.608. The average Bonchev–Trinajstić information content (AvgIpc) is 3.24. The predicted octanol–water partition coefficient (Wildman–Crippen LogP) is 4.60. The lowest BCUT2D eigenvalue weighted by molar-refractivity contribution is -0.0494. The molecule has 0 spiro atoms. The Balaban J connectivity index is 2.12. The van der Waals surface area contributed by atoms with Gasteiger partial charge in [-0.1, -0.05) is 23.4 Å². The number of halogens is 2. The Bertz CT molecular complexity index is 1130. The number of para-hydroxylation sites is 1. The van der Waals surface area contributed by atoms with Crippen LogP contribution in [0.15, 0.2) is 41.2 Å². The summed E-state index contributed by atoms with van der Waals surface area (Å²) in [6.45, 7) is 0.363. The van der Waals surface area contributed by atoms with Crippen molar-refractivity contribution in [1.82, 2.24) is 15.1 Å². The minimum atomic E-state index is -2.97. The molecular weight excluding hydrogens is 368 g/mol. The molecule has 3 aromatic heterocycles. The molecule has 0 fully saturated rings. The van der Waals surface area contributed by atoms with Crippen LogP contribution in [0, 0.1) is 13.8 Å². The van der Waals surface area contributed by atoms with Crippen molar-refractivity contribution in [3.63, 3.8) is 0 Å². The van der Waals surface area contributed by atoms with E-state index < -0.39 is 6.61 Å². The molecule has 2 N–H and O–H groups in total. The first-order valence-corrected chi connectivity index (χ1v) is 8.58. The third kappa shape index (κ3) is 2.91. The van der Waals surface area contributed by atoms with Crippen LogP contribution in [0.25, 0.3) is 33.3 Å². The van der Waals surface area contributed by atoms with Crippen LogP contribution in [-0.2, 0) is 6.61 Å². The number of H-pyrrole nitrogens is 1. The number of fused-ring (bicyclic) bond motifs is 1. The molecule has 28 heavy (non-hydrogen) atoms. The Hall–Kier alpha value is -3.26. The quantitative estimate of drug-likeness (QED) is 0.525. The molecule has 144 valence electrons. The molecule has 0 atom stereocenters. The van der Waals surface area contributed by atoms with Gasteiger partial charge in [-0.05, 0) is 19.9 Å². The number of benzene rings is 1. The zero-order valence-electron chi connectivity index (χ0n) is 15.2. The van der Waals surface area contributed by atoms with Gasteiger partial charge in [0.2, 0.25) is 0 Å². The minimum absolute atomic E-state index is 0.0306. The van der Waals surface area contributed by atoms with Crippen LogP contribution >= 0.6 is 0 Å². The lowest BCUT2D eigenvalue weighted by Gasteiger charge is -2.16. The molecule has 1 aromatic carbocycles. The Morgan fingerprint density at radius 2 is 1.96 bits per heavy atom. The molecule has 0 radical (unpaired) electrons. The van der Waals surface area contributed by atoms with Crippen molar-refractivity contribution in [3.05, 3.63) is 53.7 Å². The molecule has 6 nitrogen and oxygen atoms in total. The molecule has 3 heterocycles. The van der Waals surface area contributed by atoms with Gasteiger partial charge in [0.15, 0.2) is 0 Å². The maximum Gasteiger partial charge on any atom is 0.387 e. The minimum Gasteiger partial charge on any atom is -0.434 e. The highest BCUT2D eigenvalue weighted by atomic mass is 19.3. The van der Waals surface area contributed by atoms with E-state index in [0.29, 0.717) is 44.7 Å². The monoisotopic (exact) mass is 385 g/mol. The molecule has 4 rings (SSSR count). The van der Waals surface area contributed by atoms with Gasteiger partial charge in [-0.3, -0.25) is 0 Å². The summed E-state index contributed by atoms with van der Waals surface area (Å²) in [6, 6.07) is 6.54. The molecular formula is C20H17F2N3O3. The van der Waals surface area contributed by atoms with Crippen molar-refractivity contribution in [2.45, 2.75) is 27.1 Å². The lowest BCUT2D eigenvalue weighted by atomic mass is 9.91. The van der Waals surface area contributed by atoms with Crippen LogP contribution < -0.4 is 4.74 Å². The van der Waals surface area contributed by atoms with Crippen molar-refractivity contribution < 1.29 is 23.1 Å². The molecule has 0 saturated carbocycles. The van der Waals surface area contributed by atoms with Crippen molar-refractivity contribution in [2.24, 2.45) is 0 Å². The van der Waals surface area contributed by atoms with Gasteiger partial charge in [-0.15, -0.1) is 0 Å². The number of hydrogen-bond donors (Lipinski definition) is 2. The van der Waals surface area contributed by atoms with Gasteiger partial charge < -0.3 is 19.4 Å². The number of aliphatic hydroxyl groups excluding tert-OH is 1. The number of nitrogens with zero attached hydrogens (tertiary/aromatic N) is 2. The largest absolute Gasteiger partial charge is 0.434 e. The summed E-state index contributed by atoms with van der Waals surface area (Å²) in [5.41, 5.74) is 4.22. The van der Waals surface area contributed by atoms with Gasteiger partial charge in [0.1, 0.15) is 17.2 Å². The number of hydrogen-bond acceptors (Lipinski definition) is 5. The highest BCUT2D eigenvalue weighted by Crippen LogP contribution is 2.44. The molecule has 0 aliphatic carbocycles. The fourth-order valence-electron chi connectivity index (χ4n) is 3.49. The second-order valence-electron chi connectivity index (χ2n) is 6.32. The molecule has 8 heteroatoms. The van der Waals surface area contributed by atoms with Crippen molar-refractivity contribution in [2.75, 3.05) is 0 Å². The van der Waals surface area contributed by atoms with Crippen molar-refractivity contribution >= 4 is 11.0 Å². The van der Waals surface area contributed by atoms with Crippen LogP contribution in [0.3, 0.4) is 0 Å². The number of rotatable bonds is 5. The summed E-state index contributed by atoms with van der Waals surface area (Å²) in [5, 5.41) is 14.4. The van der Waals surface area contributed by atoms with Gasteiger partial charge in [-0.2, -0.15) is 8.78 Å². The van der Waals surface area contributed by atoms with Gasteiger partial charge in [-0.25, -0.2) is 4.98 Å². The fourth-order valence-corrected chi connectivity index (χ4v) is 3.49. The molecule has 4 aromatic rings. The Kier molecular flexibility index (Phi) is 4.56. The third-order valence-electron chi connectivity index (χ3n) is 4.63. The molecule has 0 aliphatic heterocycles. The Labute approximate surface area is 158 Å². The van der Waals surface area contributed by atoms with E-state index in [1.54, 1.807) is 44.4 Å². The first-order chi connectivity index (χ1) is 13.5. The van der Waals surface area contributed by atoms with Crippen LogP contribution in [-0.4, -0.2) is 26.8 Å². The molecule has 0 saturated heterocycles. The van der Waals surface area contributed by atoms with E-state index in [-0.39, 0.29) is 12.4 Å². The summed E-state index contributed by atoms with van der Waals surface area (Å²) >= 11 is 0. The number of nitrogens with one attached hydrogen (secondary N) is 1. The number of aliphatic hydroxyl groups is 1. The fraction of sp³-hybridized carbons (Fsp3) is 0.200. The van der Waals surface area contributed by atoms with Crippen molar-refractivity contribution in [1.29, 1.82) is 0 Å². The Morgan fingerprint density at radius 1 is 1.18 bits per heavy atom. The SMILES string of the molecule is Cc1noc(C)c1-c1cnc2[nH]cc(CO)c2c1-c1ccccc1OC(F)F. The molecule has 0 unspecified atom stereocenters. The summed E-state index contributed by atoms with van der Waals surface area (Å²) in [4.78, 5) is 7.45. The molecule has 0 bridgehead atoms. The van der Waals surface area contributed by atoms with E-state index in [2.05, 4.69) is 15.1 Å². The normalized spacial score (nSPS) is 11.5. The standard InChI is InChI=1S/C20H17F2N3O3/c1-10-16(11(2)28-25-10)14-8-24-19-17(12(9-26)7-23-19)18(14)13-5-3-4-6-15(13)27-20(21)22/h3-8,20,26H,9H2,1-2H3,(H,23,24). The van der Waals surface area contributed by atoms with E-state index in [1.165, 1.54) is 6.07 Å². The van der Waals surface area contributed by atoms with Crippen LogP contribution in [0.1, 0.15) is 17.0 Å². The summed E-state index contributed by atoms with van der Waals surface area (Å²) < 4.78 is 36.1. The highest BCUT2D eigenvalue weighted by molar-refractivity contribution is 6.04. The number of aryl methyl sites for hydroxylation is 2. The van der Waals surface area contributed by atoms with Gasteiger partial charge in [0.25, 0.3) is 0 Å². The maximum absolute atomic E-state index is 13.0. The Morgan fingerprint density at radius 3 is 2.64 bits per heavy atom. The molecule has 0 amide bonds. The number of alkyl halides is 2. The number of ether oxygens (including phenoxy) is 1. The highest BCUT2D eigenvalue weighted by Gasteiger charge is 2.24. The maximum atomic E-state index is 13.0. The number of pyridine rings is 1. The van der Waals surface area contributed by atoms with E-state index >= 15 is 0 Å². The zero-order valence-corrected chi connectivity index (χ0v) is 15.2. The average molecular weight is 385 g/mol. The van der Waals surface area contributed by atoms with E-state index in [1.807, 2.05) is 0 Å². The second kappa shape index (κ2) is 7.05. The van der Waals surface area contributed by atoms with Crippen LogP contribution in [0.4, 0.5) is 8.78 Å².